The first-order chi connectivity index (χ1) is 15.1. The fraction of sp³-hybridized carbons (Fsp3) is 0.200. The maximum absolute atomic E-state index is 13.0. The number of carbonyl (C=O) groups excluding carboxylic acids is 1. The molecule has 0 amide bonds. The fourth-order valence-corrected chi connectivity index (χ4v) is 3.60. The van der Waals surface area contributed by atoms with Crippen LogP contribution in [0.5, 0.6) is 11.5 Å². The molecular weight excluding hydrogens is 426 g/mol. The van der Waals surface area contributed by atoms with Crippen LogP contribution < -0.4 is 14.9 Å². The van der Waals surface area contributed by atoms with E-state index in [-0.39, 0.29) is 17.6 Å². The van der Waals surface area contributed by atoms with E-state index in [4.69, 9.17) is 14.2 Å². The molecule has 2 heterocycles. The zero-order chi connectivity index (χ0) is 23.3. The highest BCUT2D eigenvalue weighted by atomic mass is 31.0. The van der Waals surface area contributed by atoms with Gasteiger partial charge in [0.2, 0.25) is 11.1 Å². The maximum atomic E-state index is 13.0. The monoisotopic (exact) mass is 445 g/mol. The summed E-state index contributed by atoms with van der Waals surface area (Å²) in [7, 11) is 8.42. The number of nitrogens with zero attached hydrogens (tertiary/aromatic N) is 3. The molecule has 2 aromatic carbocycles. The lowest BCUT2D eigenvalue weighted by atomic mass is 9.55. The second-order valence-electron chi connectivity index (χ2n) is 8.07. The van der Waals surface area contributed by atoms with Gasteiger partial charge in [-0.1, -0.05) is 15.3 Å². The number of nitriles is 1. The number of aromatic nitrogens is 2. The van der Waals surface area contributed by atoms with Gasteiger partial charge in [-0.15, -0.1) is 0 Å². The summed E-state index contributed by atoms with van der Waals surface area (Å²) in [6.45, 7) is 1.73. The van der Waals surface area contributed by atoms with E-state index in [2.05, 4.69) is 14.3 Å². The van der Waals surface area contributed by atoms with Gasteiger partial charge >= 0.3 is 5.97 Å². The number of benzene rings is 2. The average Bonchev–Trinajstić information content (AvgIpc) is 2.74. The average molecular weight is 445 g/mol. The molecule has 0 saturated carbocycles. The van der Waals surface area contributed by atoms with Crippen molar-refractivity contribution in [3.05, 3.63) is 57.9 Å². The van der Waals surface area contributed by atoms with Crippen LogP contribution in [-0.2, 0) is 4.74 Å². The molecule has 0 radical (unpaired) electrons. The number of hydrogen-bond acceptors (Lipinski definition) is 7. The molecule has 2 unspecified atom stereocenters. The highest BCUT2D eigenvalue weighted by molar-refractivity contribution is 7.22. The standard InChI is InChI=1S/C20H19B3N3O5P/c1-2-29-18(28)16-17(27)15-10(9-24)4-3-5-12(15)26(25-16)11-6-7-13-14(8-11)30-19(21,22)20(23,32)31-13/h3-8H,2,21-23,32H2,1H3. The molecule has 158 valence electrons. The Labute approximate surface area is 189 Å². The SMILES string of the molecule is BC1(B)Oc2cc(-n3nc(C(=O)OCC)c(=O)c4c(C#N)cccc43)ccc2OC1(B)P. The van der Waals surface area contributed by atoms with Crippen molar-refractivity contribution in [3.8, 4) is 23.3 Å². The lowest BCUT2D eigenvalue weighted by Crippen LogP contribution is -2.61. The van der Waals surface area contributed by atoms with Gasteiger partial charge in [-0.2, -0.15) is 10.4 Å². The normalized spacial score (nSPS) is 18.7. The Hall–Kier alpha value is -3.24. The Morgan fingerprint density at radius 2 is 2.00 bits per heavy atom. The summed E-state index contributed by atoms with van der Waals surface area (Å²) in [4.78, 5) is 25.5. The van der Waals surface area contributed by atoms with Crippen molar-refractivity contribution in [2.24, 2.45) is 0 Å². The molecule has 1 aliphatic heterocycles. The van der Waals surface area contributed by atoms with Gasteiger partial charge in [-0.05, 0) is 31.2 Å². The van der Waals surface area contributed by atoms with E-state index in [1.807, 2.05) is 29.6 Å². The number of hydrogen-bond donors (Lipinski definition) is 0. The first kappa shape index (κ1) is 22.0. The number of ether oxygens (including phenoxy) is 3. The van der Waals surface area contributed by atoms with Gasteiger partial charge in [0.25, 0.3) is 0 Å². The number of esters is 1. The largest absolute Gasteiger partial charge is 0.498 e. The number of rotatable bonds is 3. The summed E-state index contributed by atoms with van der Waals surface area (Å²) < 4.78 is 18.8. The highest BCUT2D eigenvalue weighted by Crippen LogP contribution is 2.43. The molecule has 0 saturated heterocycles. The van der Waals surface area contributed by atoms with E-state index in [9.17, 15) is 14.9 Å². The van der Waals surface area contributed by atoms with Crippen LogP contribution in [0.4, 0.5) is 0 Å². The molecule has 32 heavy (non-hydrogen) atoms. The van der Waals surface area contributed by atoms with E-state index in [1.165, 1.54) is 10.7 Å². The predicted octanol–water partition coefficient (Wildman–Crippen LogP) is -0.713. The summed E-state index contributed by atoms with van der Waals surface area (Å²) in [6.07, 6.45) is 0. The lowest BCUT2D eigenvalue weighted by molar-refractivity contribution is 0.0516. The van der Waals surface area contributed by atoms with E-state index in [0.29, 0.717) is 22.7 Å². The fourth-order valence-electron chi connectivity index (χ4n) is 3.42. The van der Waals surface area contributed by atoms with Crippen molar-refractivity contribution in [2.75, 3.05) is 6.61 Å². The van der Waals surface area contributed by atoms with Gasteiger partial charge in [0.05, 0.1) is 40.2 Å². The third kappa shape index (κ3) is 3.45. The number of carbonyl (C=O) groups is 1. The third-order valence-electron chi connectivity index (χ3n) is 5.56. The Morgan fingerprint density at radius 1 is 1.25 bits per heavy atom. The highest BCUT2D eigenvalue weighted by Gasteiger charge is 2.45. The molecule has 0 fully saturated rings. The summed E-state index contributed by atoms with van der Waals surface area (Å²) in [5.41, 5.74) is 0.0147. The molecule has 8 nitrogen and oxygen atoms in total. The van der Waals surface area contributed by atoms with Crippen molar-refractivity contribution >= 4 is 49.7 Å². The minimum absolute atomic E-state index is 0.0881. The van der Waals surface area contributed by atoms with Gasteiger partial charge in [0, 0.05) is 6.07 Å². The predicted molar refractivity (Wildman–Crippen MR) is 130 cm³/mol. The Bertz CT molecular complexity index is 1370. The second kappa shape index (κ2) is 7.72. The summed E-state index contributed by atoms with van der Waals surface area (Å²) in [5, 5.41) is 12.7. The Morgan fingerprint density at radius 3 is 2.69 bits per heavy atom. The zero-order valence-corrected chi connectivity index (χ0v) is 19.3. The lowest BCUT2D eigenvalue weighted by Gasteiger charge is -2.46. The van der Waals surface area contributed by atoms with Crippen LogP contribution in [0.25, 0.3) is 16.6 Å². The van der Waals surface area contributed by atoms with Crippen molar-refractivity contribution in [2.45, 2.75) is 17.6 Å². The van der Waals surface area contributed by atoms with Gasteiger partial charge in [0.15, 0.2) is 35.0 Å². The van der Waals surface area contributed by atoms with Crippen molar-refractivity contribution in [1.29, 1.82) is 5.26 Å². The van der Waals surface area contributed by atoms with Crippen LogP contribution in [0.3, 0.4) is 0 Å². The Kier molecular flexibility index (Phi) is 5.30. The molecule has 0 aliphatic carbocycles. The van der Waals surface area contributed by atoms with Crippen molar-refractivity contribution < 1.29 is 19.0 Å². The van der Waals surface area contributed by atoms with Crippen LogP contribution in [0.1, 0.15) is 23.0 Å². The third-order valence-corrected chi connectivity index (χ3v) is 6.37. The van der Waals surface area contributed by atoms with Crippen LogP contribution in [0, 0.1) is 11.3 Å². The second-order valence-corrected chi connectivity index (χ2v) is 9.18. The first-order valence-corrected chi connectivity index (χ1v) is 10.6. The molecule has 1 aliphatic rings. The zero-order valence-electron chi connectivity index (χ0n) is 18.1. The van der Waals surface area contributed by atoms with E-state index in [1.54, 1.807) is 37.3 Å². The maximum Gasteiger partial charge on any atom is 0.362 e. The molecule has 2 atom stereocenters. The molecule has 4 rings (SSSR count). The molecule has 0 N–H and O–H groups in total. The van der Waals surface area contributed by atoms with E-state index >= 15 is 0 Å². The summed E-state index contributed by atoms with van der Waals surface area (Å²) in [6, 6.07) is 12.1. The molecule has 12 heteroatoms. The van der Waals surface area contributed by atoms with Gasteiger partial charge < -0.3 is 14.2 Å². The summed E-state index contributed by atoms with van der Waals surface area (Å²) >= 11 is 0. The van der Waals surface area contributed by atoms with Crippen LogP contribution >= 0.6 is 9.24 Å². The van der Waals surface area contributed by atoms with Crippen molar-refractivity contribution in [3.63, 3.8) is 0 Å². The van der Waals surface area contributed by atoms with E-state index in [0.717, 1.165) is 0 Å². The van der Waals surface area contributed by atoms with Gasteiger partial charge in [-0.25, -0.2) is 9.48 Å². The molecule has 1 aromatic heterocycles. The minimum Gasteiger partial charge on any atom is -0.498 e. The first-order valence-electron chi connectivity index (χ1n) is 10.0. The molecular formula is C20H19B3N3O5P. The topological polar surface area (TPSA) is 103 Å². The van der Waals surface area contributed by atoms with Gasteiger partial charge in [0.1, 0.15) is 5.24 Å². The van der Waals surface area contributed by atoms with Crippen LogP contribution in [0.2, 0.25) is 0 Å². The smallest absolute Gasteiger partial charge is 0.362 e. The summed E-state index contributed by atoms with van der Waals surface area (Å²) in [5.74, 6) is 0.202. The minimum atomic E-state index is -0.849. The van der Waals surface area contributed by atoms with Crippen LogP contribution in [-0.4, -0.2) is 56.5 Å². The number of fused-ring (bicyclic) bond motifs is 2. The van der Waals surface area contributed by atoms with Crippen molar-refractivity contribution in [1.82, 2.24) is 9.78 Å². The van der Waals surface area contributed by atoms with Gasteiger partial charge in [-0.3, -0.25) is 4.79 Å². The molecule has 3 aromatic rings. The quantitative estimate of drug-likeness (QED) is 0.298. The molecule has 0 spiro atoms. The Balaban J connectivity index is 1.98. The van der Waals surface area contributed by atoms with Crippen LogP contribution in [0.15, 0.2) is 41.2 Å². The molecule has 0 bridgehead atoms. The van der Waals surface area contributed by atoms with E-state index < -0.39 is 27.7 Å².